The number of aromatic nitrogens is 3. The zero-order valence-corrected chi connectivity index (χ0v) is 17.5. The van der Waals surface area contributed by atoms with Crippen LogP contribution in [-0.4, -0.2) is 51.8 Å². The highest BCUT2D eigenvalue weighted by molar-refractivity contribution is 5.93. The average Bonchev–Trinajstić information content (AvgIpc) is 2.84. The molecule has 1 atom stereocenters. The molecule has 7 heteroatoms. The smallest absolute Gasteiger partial charge is 0.274 e. The van der Waals surface area contributed by atoms with E-state index in [0.717, 1.165) is 29.5 Å². The minimum Gasteiger partial charge on any atom is -0.359 e. The second-order valence-electron chi connectivity index (χ2n) is 7.89. The van der Waals surface area contributed by atoms with Gasteiger partial charge in [0, 0.05) is 44.9 Å². The van der Waals surface area contributed by atoms with Crippen LogP contribution in [0.4, 0.5) is 0 Å². The van der Waals surface area contributed by atoms with Gasteiger partial charge in [-0.3, -0.25) is 19.6 Å². The molecule has 1 aliphatic rings. The largest absolute Gasteiger partial charge is 0.359 e. The maximum atomic E-state index is 13.1. The van der Waals surface area contributed by atoms with Gasteiger partial charge in [-0.15, -0.1) is 0 Å². The Kier molecular flexibility index (Phi) is 6.02. The van der Waals surface area contributed by atoms with Gasteiger partial charge < -0.3 is 10.2 Å². The van der Waals surface area contributed by atoms with E-state index in [1.54, 1.807) is 24.3 Å². The highest BCUT2D eigenvalue weighted by atomic mass is 16.2. The molecule has 0 unspecified atom stereocenters. The first-order valence-electron chi connectivity index (χ1n) is 10.4. The lowest BCUT2D eigenvalue weighted by Gasteiger charge is -2.41. The molecule has 2 aromatic heterocycles. The van der Waals surface area contributed by atoms with Gasteiger partial charge in [0.15, 0.2) is 0 Å². The van der Waals surface area contributed by atoms with E-state index in [1.807, 2.05) is 24.3 Å². The number of carbonyl (C=O) groups is 2. The van der Waals surface area contributed by atoms with Crippen LogP contribution in [0, 0.1) is 5.41 Å². The summed E-state index contributed by atoms with van der Waals surface area (Å²) in [5.41, 5.74) is 2.83. The average molecular weight is 415 g/mol. The lowest BCUT2D eigenvalue weighted by atomic mass is 9.74. The first-order valence-corrected chi connectivity index (χ1v) is 10.4. The fourth-order valence-electron chi connectivity index (χ4n) is 4.35. The Bertz CT molecular complexity index is 1060. The van der Waals surface area contributed by atoms with E-state index in [1.165, 1.54) is 18.6 Å². The summed E-state index contributed by atoms with van der Waals surface area (Å²) >= 11 is 0. The summed E-state index contributed by atoms with van der Waals surface area (Å²) in [6.45, 7) is 0.951. The lowest BCUT2D eigenvalue weighted by molar-refractivity contribution is -0.133. The highest BCUT2D eigenvalue weighted by Gasteiger charge is 2.43. The Morgan fingerprint density at radius 3 is 2.65 bits per heavy atom. The Labute approximate surface area is 181 Å². The molecule has 2 amide bonds. The van der Waals surface area contributed by atoms with Gasteiger partial charge in [-0.2, -0.15) is 0 Å². The van der Waals surface area contributed by atoms with Gasteiger partial charge in [-0.05, 0) is 48.1 Å². The topological polar surface area (TPSA) is 88.1 Å². The summed E-state index contributed by atoms with van der Waals surface area (Å²) in [4.78, 5) is 40.0. The Morgan fingerprint density at radius 1 is 1.06 bits per heavy atom. The van der Waals surface area contributed by atoms with E-state index in [4.69, 9.17) is 0 Å². The first kappa shape index (κ1) is 20.7. The molecular formula is C24H25N5O2. The third-order valence-electron chi connectivity index (χ3n) is 5.84. The third-order valence-corrected chi connectivity index (χ3v) is 5.84. The molecule has 3 aromatic rings. The van der Waals surface area contributed by atoms with E-state index in [-0.39, 0.29) is 11.8 Å². The standard InChI is InChI=1S/C24H25N5O2/c1-25-23(31)24(8-3-13-29(17-24)22(30)21-16-27-11-12-28-21)15-18-4-2-5-20(14-18)19-6-9-26-10-7-19/h2,4-7,9-12,14,16H,3,8,13,15,17H2,1H3,(H,25,31)/t24-/m1/s1. The molecule has 4 rings (SSSR count). The number of amides is 2. The Hall–Kier alpha value is -3.61. The van der Waals surface area contributed by atoms with Crippen LogP contribution in [-0.2, 0) is 11.2 Å². The minimum atomic E-state index is -0.693. The molecular weight excluding hydrogens is 390 g/mol. The van der Waals surface area contributed by atoms with Gasteiger partial charge in [0.2, 0.25) is 5.91 Å². The monoisotopic (exact) mass is 415 g/mol. The molecule has 7 nitrogen and oxygen atoms in total. The molecule has 0 saturated carbocycles. The van der Waals surface area contributed by atoms with Crippen molar-refractivity contribution in [1.82, 2.24) is 25.2 Å². The van der Waals surface area contributed by atoms with Gasteiger partial charge in [0.1, 0.15) is 5.69 Å². The Balaban J connectivity index is 1.61. The highest BCUT2D eigenvalue weighted by Crippen LogP contribution is 2.35. The predicted octanol–water partition coefficient (Wildman–Crippen LogP) is 2.75. The van der Waals surface area contributed by atoms with Crippen molar-refractivity contribution in [3.05, 3.63) is 78.6 Å². The normalized spacial score (nSPS) is 18.4. The van der Waals surface area contributed by atoms with Crippen LogP contribution in [0.5, 0.6) is 0 Å². The SMILES string of the molecule is CNC(=O)[C@@]1(Cc2cccc(-c3ccncc3)c2)CCCN(C(=O)c2cnccn2)C1. The van der Waals surface area contributed by atoms with Crippen LogP contribution < -0.4 is 5.32 Å². The molecule has 1 N–H and O–H groups in total. The summed E-state index contributed by atoms with van der Waals surface area (Å²) in [5, 5.41) is 2.83. The molecule has 3 heterocycles. The second-order valence-corrected chi connectivity index (χ2v) is 7.89. The van der Waals surface area contributed by atoms with Crippen LogP contribution >= 0.6 is 0 Å². The molecule has 0 bridgehead atoms. The fourth-order valence-corrected chi connectivity index (χ4v) is 4.35. The van der Waals surface area contributed by atoms with Crippen LogP contribution in [0.1, 0.15) is 28.9 Å². The number of hydrogen-bond acceptors (Lipinski definition) is 5. The number of benzene rings is 1. The first-order chi connectivity index (χ1) is 15.1. The Morgan fingerprint density at radius 2 is 1.90 bits per heavy atom. The van der Waals surface area contributed by atoms with Crippen molar-refractivity contribution in [3.63, 3.8) is 0 Å². The number of nitrogens with one attached hydrogen (secondary N) is 1. The number of rotatable bonds is 5. The van der Waals surface area contributed by atoms with Crippen molar-refractivity contribution in [2.75, 3.05) is 20.1 Å². The molecule has 0 spiro atoms. The van der Waals surface area contributed by atoms with Gasteiger partial charge in [-0.1, -0.05) is 24.3 Å². The minimum absolute atomic E-state index is 0.0431. The summed E-state index contributed by atoms with van der Waals surface area (Å²) in [6.07, 6.45) is 10.1. The molecule has 1 fully saturated rings. The quantitative estimate of drug-likeness (QED) is 0.692. The maximum absolute atomic E-state index is 13.1. The van der Waals surface area contributed by atoms with Crippen LogP contribution in [0.15, 0.2) is 67.4 Å². The van der Waals surface area contributed by atoms with E-state index in [9.17, 15) is 9.59 Å². The number of nitrogens with zero attached hydrogens (tertiary/aromatic N) is 4. The number of hydrogen-bond donors (Lipinski definition) is 1. The van der Waals surface area contributed by atoms with Crippen molar-refractivity contribution in [2.45, 2.75) is 19.3 Å². The van der Waals surface area contributed by atoms with Crippen molar-refractivity contribution >= 4 is 11.8 Å². The molecule has 1 aromatic carbocycles. The third kappa shape index (κ3) is 4.45. The van der Waals surface area contributed by atoms with Crippen molar-refractivity contribution in [3.8, 4) is 11.1 Å². The summed E-state index contributed by atoms with van der Waals surface area (Å²) in [7, 11) is 1.65. The zero-order chi connectivity index (χ0) is 21.7. The van der Waals surface area contributed by atoms with Crippen molar-refractivity contribution in [2.24, 2.45) is 5.41 Å². The number of carbonyl (C=O) groups excluding carboxylic acids is 2. The van der Waals surface area contributed by atoms with E-state index < -0.39 is 5.41 Å². The van der Waals surface area contributed by atoms with E-state index in [0.29, 0.717) is 25.2 Å². The molecule has 1 saturated heterocycles. The summed E-state index contributed by atoms with van der Waals surface area (Å²) in [5.74, 6) is -0.231. The molecule has 1 aliphatic heterocycles. The number of pyridine rings is 1. The van der Waals surface area contributed by atoms with Crippen LogP contribution in [0.3, 0.4) is 0 Å². The fraction of sp³-hybridized carbons (Fsp3) is 0.292. The predicted molar refractivity (Wildman–Crippen MR) is 117 cm³/mol. The van der Waals surface area contributed by atoms with Crippen molar-refractivity contribution in [1.29, 1.82) is 0 Å². The lowest BCUT2D eigenvalue weighted by Crippen LogP contribution is -2.54. The van der Waals surface area contributed by atoms with E-state index >= 15 is 0 Å². The molecule has 0 radical (unpaired) electrons. The maximum Gasteiger partial charge on any atom is 0.274 e. The van der Waals surface area contributed by atoms with Gasteiger partial charge in [-0.25, -0.2) is 4.98 Å². The van der Waals surface area contributed by atoms with Crippen LogP contribution in [0.2, 0.25) is 0 Å². The summed E-state index contributed by atoms with van der Waals surface area (Å²) < 4.78 is 0. The number of piperidine rings is 1. The molecule has 0 aliphatic carbocycles. The van der Waals surface area contributed by atoms with Crippen LogP contribution in [0.25, 0.3) is 11.1 Å². The molecule has 31 heavy (non-hydrogen) atoms. The van der Waals surface area contributed by atoms with Gasteiger partial charge in [0.25, 0.3) is 5.91 Å². The van der Waals surface area contributed by atoms with Gasteiger partial charge >= 0.3 is 0 Å². The van der Waals surface area contributed by atoms with Crippen molar-refractivity contribution < 1.29 is 9.59 Å². The van der Waals surface area contributed by atoms with E-state index in [2.05, 4.69) is 32.4 Å². The van der Waals surface area contributed by atoms with Gasteiger partial charge in [0.05, 0.1) is 11.6 Å². The summed E-state index contributed by atoms with van der Waals surface area (Å²) in [6, 6.07) is 12.2. The molecule has 158 valence electrons. The number of likely N-dealkylation sites (tertiary alicyclic amines) is 1. The second kappa shape index (κ2) is 9.04. The zero-order valence-electron chi connectivity index (χ0n) is 17.5.